The molecule has 1 aliphatic heterocycles. The minimum atomic E-state index is -0.272. The van der Waals surface area contributed by atoms with Gasteiger partial charge in [0, 0.05) is 12.1 Å². The van der Waals surface area contributed by atoms with Crippen LogP contribution in [-0.2, 0) is 22.7 Å². The zero-order valence-electron chi connectivity index (χ0n) is 16.2. The highest BCUT2D eigenvalue weighted by molar-refractivity contribution is 5.80. The Labute approximate surface area is 171 Å². The number of nitrogens with zero attached hydrogens (tertiary/aromatic N) is 1. The molecule has 1 fully saturated rings. The van der Waals surface area contributed by atoms with Gasteiger partial charge in [0.05, 0.1) is 19.1 Å². The van der Waals surface area contributed by atoms with Crippen LogP contribution in [0.2, 0.25) is 0 Å². The van der Waals surface area contributed by atoms with E-state index in [1.165, 1.54) is 0 Å². The SMILES string of the molecule is O=C1C[C@H](OCc2ccccc2)[C@@H](C#Cc2ccccc2)N1Cc1ccccc1. The largest absolute Gasteiger partial charge is 0.370 e. The number of amides is 1. The summed E-state index contributed by atoms with van der Waals surface area (Å²) < 4.78 is 6.16. The van der Waals surface area contributed by atoms with Gasteiger partial charge in [-0.2, -0.15) is 0 Å². The summed E-state index contributed by atoms with van der Waals surface area (Å²) >= 11 is 0. The lowest BCUT2D eigenvalue weighted by molar-refractivity contribution is -0.128. The molecule has 144 valence electrons. The highest BCUT2D eigenvalue weighted by Gasteiger charge is 2.39. The number of ether oxygens (including phenoxy) is 1. The highest BCUT2D eigenvalue weighted by Crippen LogP contribution is 2.25. The Kier molecular flexibility index (Phi) is 6.04. The second-order valence-corrected chi connectivity index (χ2v) is 7.13. The average molecular weight is 381 g/mol. The molecule has 3 aromatic rings. The lowest BCUT2D eigenvalue weighted by Crippen LogP contribution is -2.36. The van der Waals surface area contributed by atoms with Crippen LogP contribution < -0.4 is 0 Å². The number of hydrogen-bond donors (Lipinski definition) is 0. The van der Waals surface area contributed by atoms with Crippen molar-refractivity contribution in [3.05, 3.63) is 108 Å². The van der Waals surface area contributed by atoms with Crippen LogP contribution in [0, 0.1) is 11.8 Å². The Morgan fingerprint density at radius 2 is 1.41 bits per heavy atom. The van der Waals surface area contributed by atoms with E-state index in [9.17, 15) is 4.79 Å². The molecule has 0 spiro atoms. The van der Waals surface area contributed by atoms with Gasteiger partial charge in [0.2, 0.25) is 5.91 Å². The third kappa shape index (κ3) is 4.93. The number of rotatable bonds is 5. The quantitative estimate of drug-likeness (QED) is 0.612. The topological polar surface area (TPSA) is 29.5 Å². The van der Waals surface area contributed by atoms with Crippen molar-refractivity contribution >= 4 is 5.91 Å². The number of carbonyl (C=O) groups excluding carboxylic acids is 1. The first-order valence-corrected chi connectivity index (χ1v) is 9.85. The van der Waals surface area contributed by atoms with Crippen LogP contribution in [0.4, 0.5) is 0 Å². The fourth-order valence-electron chi connectivity index (χ4n) is 3.50. The van der Waals surface area contributed by atoms with Crippen molar-refractivity contribution in [2.75, 3.05) is 0 Å². The van der Waals surface area contributed by atoms with Crippen molar-refractivity contribution in [1.82, 2.24) is 4.90 Å². The second kappa shape index (κ2) is 9.23. The summed E-state index contributed by atoms with van der Waals surface area (Å²) in [6, 6.07) is 29.6. The molecule has 4 rings (SSSR count). The summed E-state index contributed by atoms with van der Waals surface area (Å²) in [5.74, 6) is 6.62. The maximum absolute atomic E-state index is 12.8. The minimum Gasteiger partial charge on any atom is -0.370 e. The van der Waals surface area contributed by atoms with Crippen LogP contribution in [0.3, 0.4) is 0 Å². The number of benzene rings is 3. The molecule has 0 N–H and O–H groups in total. The van der Waals surface area contributed by atoms with Gasteiger partial charge in [-0.3, -0.25) is 4.79 Å². The van der Waals surface area contributed by atoms with E-state index in [0.29, 0.717) is 19.6 Å². The van der Waals surface area contributed by atoms with E-state index in [1.54, 1.807) is 0 Å². The van der Waals surface area contributed by atoms with Crippen LogP contribution >= 0.6 is 0 Å². The zero-order valence-corrected chi connectivity index (χ0v) is 16.2. The lowest BCUT2D eigenvalue weighted by Gasteiger charge is -2.24. The van der Waals surface area contributed by atoms with Crippen LogP contribution in [0.25, 0.3) is 0 Å². The van der Waals surface area contributed by atoms with Crippen LogP contribution in [-0.4, -0.2) is 23.0 Å². The van der Waals surface area contributed by atoms with E-state index in [2.05, 4.69) is 11.8 Å². The Bertz CT molecular complexity index is 990. The summed E-state index contributed by atoms with van der Waals surface area (Å²) in [6.07, 6.45) is 0.107. The molecule has 0 aliphatic carbocycles. The maximum atomic E-state index is 12.8. The van der Waals surface area contributed by atoms with Gasteiger partial charge in [-0.15, -0.1) is 0 Å². The normalized spacial score (nSPS) is 18.3. The van der Waals surface area contributed by atoms with Crippen LogP contribution in [0.1, 0.15) is 23.1 Å². The molecule has 1 heterocycles. The van der Waals surface area contributed by atoms with E-state index >= 15 is 0 Å². The molecular formula is C26H23NO2. The van der Waals surface area contributed by atoms with Crippen molar-refractivity contribution in [3.8, 4) is 11.8 Å². The maximum Gasteiger partial charge on any atom is 0.226 e. The molecule has 3 heteroatoms. The van der Waals surface area contributed by atoms with Gasteiger partial charge < -0.3 is 9.64 Å². The van der Waals surface area contributed by atoms with Crippen molar-refractivity contribution < 1.29 is 9.53 Å². The van der Waals surface area contributed by atoms with Crippen molar-refractivity contribution in [2.45, 2.75) is 31.7 Å². The van der Waals surface area contributed by atoms with E-state index in [0.717, 1.165) is 16.7 Å². The Hall–Kier alpha value is -3.35. The molecule has 1 amide bonds. The molecule has 1 aliphatic rings. The Morgan fingerprint density at radius 1 is 0.828 bits per heavy atom. The first-order chi connectivity index (χ1) is 14.3. The Morgan fingerprint density at radius 3 is 2.07 bits per heavy atom. The van der Waals surface area contributed by atoms with E-state index in [4.69, 9.17) is 4.74 Å². The third-order valence-electron chi connectivity index (χ3n) is 5.02. The average Bonchev–Trinajstić information content (AvgIpc) is 3.07. The van der Waals surface area contributed by atoms with Gasteiger partial charge in [0.25, 0.3) is 0 Å². The zero-order chi connectivity index (χ0) is 19.9. The third-order valence-corrected chi connectivity index (χ3v) is 5.02. The minimum absolute atomic E-state index is 0.0827. The van der Waals surface area contributed by atoms with Crippen LogP contribution in [0.5, 0.6) is 0 Å². The number of likely N-dealkylation sites (tertiary alicyclic amines) is 1. The summed E-state index contributed by atoms with van der Waals surface area (Å²) in [6.45, 7) is 1.01. The van der Waals surface area contributed by atoms with Crippen molar-refractivity contribution in [1.29, 1.82) is 0 Å². The molecule has 0 saturated carbocycles. The van der Waals surface area contributed by atoms with Gasteiger partial charge in [-0.1, -0.05) is 90.7 Å². The number of hydrogen-bond acceptors (Lipinski definition) is 2. The summed E-state index contributed by atoms with van der Waals surface area (Å²) in [7, 11) is 0. The standard InChI is InChI=1S/C26H23NO2/c28-26-18-25(29-20-23-14-8-3-9-15-23)24(17-16-21-10-4-1-5-11-21)27(26)19-22-12-6-2-7-13-22/h1-15,24-25H,18-20H2/t24-,25+/m1/s1. The summed E-state index contributed by atoms with van der Waals surface area (Å²) in [5.41, 5.74) is 3.13. The smallest absolute Gasteiger partial charge is 0.226 e. The van der Waals surface area contributed by atoms with Gasteiger partial charge in [-0.05, 0) is 23.3 Å². The fraction of sp³-hybridized carbons (Fsp3) is 0.192. The predicted molar refractivity (Wildman–Crippen MR) is 114 cm³/mol. The molecule has 0 bridgehead atoms. The summed E-state index contributed by atoms with van der Waals surface area (Å²) in [5, 5.41) is 0. The second-order valence-electron chi connectivity index (χ2n) is 7.13. The molecular weight excluding hydrogens is 358 g/mol. The van der Waals surface area contributed by atoms with Gasteiger partial charge in [0.1, 0.15) is 6.04 Å². The highest BCUT2D eigenvalue weighted by atomic mass is 16.5. The predicted octanol–water partition coefficient (Wildman–Crippen LogP) is 4.42. The molecule has 1 saturated heterocycles. The van der Waals surface area contributed by atoms with Gasteiger partial charge in [-0.25, -0.2) is 0 Å². The van der Waals surface area contributed by atoms with Gasteiger partial charge >= 0.3 is 0 Å². The number of carbonyl (C=O) groups is 1. The van der Waals surface area contributed by atoms with Gasteiger partial charge in [0.15, 0.2) is 0 Å². The Balaban J connectivity index is 1.56. The van der Waals surface area contributed by atoms with E-state index in [1.807, 2.05) is 95.9 Å². The molecule has 3 nitrogen and oxygen atoms in total. The molecule has 3 aromatic carbocycles. The van der Waals surface area contributed by atoms with E-state index in [-0.39, 0.29) is 18.1 Å². The first-order valence-electron chi connectivity index (χ1n) is 9.85. The molecule has 0 unspecified atom stereocenters. The molecule has 0 aromatic heterocycles. The lowest BCUT2D eigenvalue weighted by atomic mass is 10.1. The van der Waals surface area contributed by atoms with Crippen molar-refractivity contribution in [2.24, 2.45) is 0 Å². The monoisotopic (exact) mass is 381 g/mol. The summed E-state index contributed by atoms with van der Waals surface area (Å²) in [4.78, 5) is 14.6. The molecule has 0 radical (unpaired) electrons. The first kappa shape index (κ1) is 19.0. The van der Waals surface area contributed by atoms with Crippen molar-refractivity contribution in [3.63, 3.8) is 0 Å². The molecule has 29 heavy (non-hydrogen) atoms. The molecule has 2 atom stereocenters. The van der Waals surface area contributed by atoms with Crippen LogP contribution in [0.15, 0.2) is 91.0 Å². The fourth-order valence-corrected chi connectivity index (χ4v) is 3.50. The van der Waals surface area contributed by atoms with E-state index < -0.39 is 0 Å².